The van der Waals surface area contributed by atoms with E-state index in [1.54, 1.807) is 0 Å². The third kappa shape index (κ3) is 2.13. The lowest BCUT2D eigenvalue weighted by atomic mass is 9.78. The van der Waals surface area contributed by atoms with Crippen LogP contribution in [0.3, 0.4) is 0 Å². The molecule has 1 aliphatic carbocycles. The van der Waals surface area contributed by atoms with Gasteiger partial charge in [-0.1, -0.05) is 26.7 Å². The molecule has 1 rings (SSSR count). The van der Waals surface area contributed by atoms with Crippen molar-refractivity contribution < 1.29 is 0 Å². The van der Waals surface area contributed by atoms with Gasteiger partial charge in [-0.3, -0.25) is 4.99 Å². The third-order valence-corrected chi connectivity index (χ3v) is 2.98. The molecule has 3 heteroatoms. The van der Waals surface area contributed by atoms with Crippen LogP contribution < -0.4 is 11.5 Å². The van der Waals surface area contributed by atoms with Gasteiger partial charge in [0, 0.05) is 0 Å². The summed E-state index contributed by atoms with van der Waals surface area (Å²) < 4.78 is 0. The monoisotopic (exact) mass is 169 g/mol. The summed E-state index contributed by atoms with van der Waals surface area (Å²) >= 11 is 0. The molecule has 0 saturated heterocycles. The SMILES string of the molecule is C[C@H]1[C@H](C)CCC[C@H]1N=C(N)N. The van der Waals surface area contributed by atoms with Gasteiger partial charge < -0.3 is 11.5 Å². The molecule has 3 atom stereocenters. The molecule has 0 spiro atoms. The number of aliphatic imine (C=N–C) groups is 1. The van der Waals surface area contributed by atoms with Gasteiger partial charge in [0.1, 0.15) is 0 Å². The Morgan fingerprint density at radius 3 is 2.50 bits per heavy atom. The molecular formula is C9H19N3. The molecule has 3 nitrogen and oxygen atoms in total. The lowest BCUT2D eigenvalue weighted by Crippen LogP contribution is -2.32. The summed E-state index contributed by atoms with van der Waals surface area (Å²) in [6.07, 6.45) is 3.72. The first-order valence-corrected chi connectivity index (χ1v) is 4.70. The molecule has 70 valence electrons. The number of hydrogen-bond donors (Lipinski definition) is 2. The predicted octanol–water partition coefficient (Wildman–Crippen LogP) is 1.08. The van der Waals surface area contributed by atoms with E-state index in [1.165, 1.54) is 12.8 Å². The van der Waals surface area contributed by atoms with E-state index in [4.69, 9.17) is 11.5 Å². The number of rotatable bonds is 1. The second kappa shape index (κ2) is 3.78. The summed E-state index contributed by atoms with van der Waals surface area (Å²) in [5.41, 5.74) is 10.7. The highest BCUT2D eigenvalue weighted by Gasteiger charge is 2.26. The second-order valence-corrected chi connectivity index (χ2v) is 3.89. The molecule has 0 aromatic rings. The van der Waals surface area contributed by atoms with Crippen molar-refractivity contribution in [2.75, 3.05) is 0 Å². The molecule has 0 aliphatic heterocycles. The summed E-state index contributed by atoms with van der Waals surface area (Å²) in [5, 5.41) is 0. The van der Waals surface area contributed by atoms with Crippen LogP contribution in [0, 0.1) is 11.8 Å². The maximum absolute atomic E-state index is 5.36. The zero-order chi connectivity index (χ0) is 9.14. The largest absolute Gasteiger partial charge is 0.370 e. The Labute approximate surface area is 74.2 Å². The van der Waals surface area contributed by atoms with Crippen molar-refractivity contribution in [3.63, 3.8) is 0 Å². The van der Waals surface area contributed by atoms with Crippen molar-refractivity contribution in [1.29, 1.82) is 0 Å². The van der Waals surface area contributed by atoms with E-state index >= 15 is 0 Å². The van der Waals surface area contributed by atoms with Gasteiger partial charge in [0.05, 0.1) is 6.04 Å². The molecule has 0 heterocycles. The molecule has 0 bridgehead atoms. The van der Waals surface area contributed by atoms with E-state index in [2.05, 4.69) is 18.8 Å². The number of nitrogens with two attached hydrogens (primary N) is 2. The fourth-order valence-corrected chi connectivity index (χ4v) is 1.93. The van der Waals surface area contributed by atoms with Crippen molar-refractivity contribution in [2.24, 2.45) is 28.3 Å². The van der Waals surface area contributed by atoms with Gasteiger partial charge in [0.25, 0.3) is 0 Å². The van der Waals surface area contributed by atoms with Crippen molar-refractivity contribution >= 4 is 5.96 Å². The van der Waals surface area contributed by atoms with Gasteiger partial charge in [-0.15, -0.1) is 0 Å². The highest BCUT2D eigenvalue weighted by Crippen LogP contribution is 2.31. The average Bonchev–Trinajstić information content (AvgIpc) is 1.98. The highest BCUT2D eigenvalue weighted by molar-refractivity contribution is 5.75. The maximum Gasteiger partial charge on any atom is 0.186 e. The predicted molar refractivity (Wildman–Crippen MR) is 51.8 cm³/mol. The van der Waals surface area contributed by atoms with Crippen LogP contribution in [0.15, 0.2) is 4.99 Å². The quantitative estimate of drug-likeness (QED) is 0.456. The van der Waals surface area contributed by atoms with Crippen LogP contribution in [0.1, 0.15) is 33.1 Å². The lowest BCUT2D eigenvalue weighted by molar-refractivity contribution is 0.241. The zero-order valence-corrected chi connectivity index (χ0v) is 7.96. The summed E-state index contributed by atoms with van der Waals surface area (Å²) in [6, 6.07) is 0.360. The molecule has 12 heavy (non-hydrogen) atoms. The van der Waals surface area contributed by atoms with E-state index in [-0.39, 0.29) is 5.96 Å². The molecule has 1 saturated carbocycles. The average molecular weight is 169 g/mol. The minimum atomic E-state index is 0.237. The Kier molecular flexibility index (Phi) is 2.95. The first-order valence-electron chi connectivity index (χ1n) is 4.70. The van der Waals surface area contributed by atoms with Gasteiger partial charge in [0.15, 0.2) is 5.96 Å². The fraction of sp³-hybridized carbons (Fsp3) is 0.889. The fourth-order valence-electron chi connectivity index (χ4n) is 1.93. The van der Waals surface area contributed by atoms with Gasteiger partial charge in [0.2, 0.25) is 0 Å². The Morgan fingerprint density at radius 1 is 1.25 bits per heavy atom. The van der Waals surface area contributed by atoms with Crippen LogP contribution >= 0.6 is 0 Å². The minimum absolute atomic E-state index is 0.237. The van der Waals surface area contributed by atoms with Crippen molar-refractivity contribution in [3.05, 3.63) is 0 Å². The van der Waals surface area contributed by atoms with Gasteiger partial charge in [-0.25, -0.2) is 0 Å². The third-order valence-electron chi connectivity index (χ3n) is 2.98. The molecule has 0 aromatic carbocycles. The van der Waals surface area contributed by atoms with Crippen LogP contribution in [0.2, 0.25) is 0 Å². The highest BCUT2D eigenvalue weighted by atomic mass is 15.0. The van der Waals surface area contributed by atoms with Crippen LogP contribution in [0.25, 0.3) is 0 Å². The lowest BCUT2D eigenvalue weighted by Gasteiger charge is -2.31. The normalized spacial score (nSPS) is 36.0. The van der Waals surface area contributed by atoms with Crippen molar-refractivity contribution in [2.45, 2.75) is 39.2 Å². The Morgan fingerprint density at radius 2 is 1.92 bits per heavy atom. The van der Waals surface area contributed by atoms with Crippen LogP contribution in [0.4, 0.5) is 0 Å². The minimum Gasteiger partial charge on any atom is -0.370 e. The summed E-state index contributed by atoms with van der Waals surface area (Å²) in [7, 11) is 0. The van der Waals surface area contributed by atoms with Crippen molar-refractivity contribution in [3.8, 4) is 0 Å². The standard InChI is InChI=1S/C9H19N3/c1-6-4-3-5-8(7(6)2)12-9(10)11/h6-8H,3-5H2,1-2H3,(H4,10,11,12)/t6-,7+,8-/m1/s1. The Hall–Kier alpha value is -0.730. The Bertz CT molecular complexity index is 173. The van der Waals surface area contributed by atoms with E-state index in [1.807, 2.05) is 0 Å². The second-order valence-electron chi connectivity index (χ2n) is 3.89. The zero-order valence-electron chi connectivity index (χ0n) is 7.96. The Balaban J connectivity index is 2.58. The summed E-state index contributed by atoms with van der Waals surface area (Å²) in [6.45, 7) is 4.51. The van der Waals surface area contributed by atoms with Crippen LogP contribution in [-0.2, 0) is 0 Å². The van der Waals surface area contributed by atoms with E-state index in [0.717, 1.165) is 12.3 Å². The number of nitrogens with zero attached hydrogens (tertiary/aromatic N) is 1. The van der Waals surface area contributed by atoms with Crippen LogP contribution in [0.5, 0.6) is 0 Å². The van der Waals surface area contributed by atoms with E-state index in [0.29, 0.717) is 12.0 Å². The maximum atomic E-state index is 5.36. The molecule has 0 unspecified atom stereocenters. The molecule has 1 aliphatic rings. The molecule has 1 fully saturated rings. The topological polar surface area (TPSA) is 64.4 Å². The van der Waals surface area contributed by atoms with Crippen LogP contribution in [-0.4, -0.2) is 12.0 Å². The smallest absolute Gasteiger partial charge is 0.186 e. The molecular weight excluding hydrogens is 150 g/mol. The summed E-state index contributed by atoms with van der Waals surface area (Å²) in [4.78, 5) is 4.24. The molecule has 4 N–H and O–H groups in total. The van der Waals surface area contributed by atoms with Crippen molar-refractivity contribution in [1.82, 2.24) is 0 Å². The van der Waals surface area contributed by atoms with Gasteiger partial charge >= 0.3 is 0 Å². The first kappa shape index (κ1) is 9.36. The van der Waals surface area contributed by atoms with E-state index in [9.17, 15) is 0 Å². The van der Waals surface area contributed by atoms with Gasteiger partial charge in [-0.2, -0.15) is 0 Å². The molecule has 0 radical (unpaired) electrons. The molecule has 0 amide bonds. The van der Waals surface area contributed by atoms with Gasteiger partial charge in [-0.05, 0) is 18.3 Å². The summed E-state index contributed by atoms with van der Waals surface area (Å²) in [5.74, 6) is 1.62. The number of hydrogen-bond acceptors (Lipinski definition) is 1. The first-order chi connectivity index (χ1) is 5.61. The molecule has 0 aromatic heterocycles. The van der Waals surface area contributed by atoms with E-state index < -0.39 is 0 Å². The number of guanidine groups is 1.